The second kappa shape index (κ2) is 8.94. The van der Waals surface area contributed by atoms with E-state index >= 15 is 0 Å². The summed E-state index contributed by atoms with van der Waals surface area (Å²) in [5.74, 6) is -0.441. The van der Waals surface area contributed by atoms with Crippen LogP contribution in [0.3, 0.4) is 0 Å². The van der Waals surface area contributed by atoms with Gasteiger partial charge < -0.3 is 10.4 Å². The Labute approximate surface area is 124 Å². The SMILES string of the molecule is CCCC(CCNc1ccccc1[N+](=O)[O-])CCC(=O)O. The van der Waals surface area contributed by atoms with Crippen molar-refractivity contribution in [3.63, 3.8) is 0 Å². The van der Waals surface area contributed by atoms with Gasteiger partial charge >= 0.3 is 5.97 Å². The molecule has 21 heavy (non-hydrogen) atoms. The average molecular weight is 294 g/mol. The number of rotatable bonds is 10. The highest BCUT2D eigenvalue weighted by Gasteiger charge is 2.13. The summed E-state index contributed by atoms with van der Waals surface area (Å²) < 4.78 is 0. The normalized spacial score (nSPS) is 11.9. The Balaban J connectivity index is 2.50. The maximum atomic E-state index is 10.9. The van der Waals surface area contributed by atoms with E-state index in [2.05, 4.69) is 12.2 Å². The lowest BCUT2D eigenvalue weighted by Gasteiger charge is -2.15. The standard InChI is InChI=1S/C15H22N2O4/c1-2-5-12(8-9-15(18)19)10-11-16-13-6-3-4-7-14(13)17(20)21/h3-4,6-7,12,16H,2,5,8-11H2,1H3,(H,18,19). The van der Waals surface area contributed by atoms with Crippen molar-refractivity contribution < 1.29 is 14.8 Å². The number of nitro benzene ring substituents is 1. The van der Waals surface area contributed by atoms with Gasteiger partial charge in [0.15, 0.2) is 0 Å². The third-order valence-electron chi connectivity index (χ3n) is 3.43. The fourth-order valence-corrected chi connectivity index (χ4v) is 2.36. The minimum Gasteiger partial charge on any atom is -0.481 e. The van der Waals surface area contributed by atoms with E-state index in [1.165, 1.54) is 6.07 Å². The summed E-state index contributed by atoms with van der Waals surface area (Å²) >= 11 is 0. The third kappa shape index (κ3) is 6.25. The fraction of sp³-hybridized carbons (Fsp3) is 0.533. The number of hydrogen-bond donors (Lipinski definition) is 2. The molecule has 6 heteroatoms. The Hall–Kier alpha value is -2.11. The van der Waals surface area contributed by atoms with Crippen LogP contribution in [0.4, 0.5) is 11.4 Å². The van der Waals surface area contributed by atoms with Crippen molar-refractivity contribution in [3.8, 4) is 0 Å². The van der Waals surface area contributed by atoms with Gasteiger partial charge in [-0.15, -0.1) is 0 Å². The van der Waals surface area contributed by atoms with Gasteiger partial charge in [-0.2, -0.15) is 0 Å². The molecule has 1 atom stereocenters. The molecular formula is C15H22N2O4. The second-order valence-corrected chi connectivity index (χ2v) is 5.08. The van der Waals surface area contributed by atoms with Crippen LogP contribution >= 0.6 is 0 Å². The van der Waals surface area contributed by atoms with Gasteiger partial charge in [0, 0.05) is 19.0 Å². The van der Waals surface area contributed by atoms with Gasteiger partial charge in [-0.05, 0) is 24.8 Å². The first-order chi connectivity index (χ1) is 10.0. The lowest BCUT2D eigenvalue weighted by atomic mass is 9.94. The number of carbonyl (C=O) groups is 1. The highest BCUT2D eigenvalue weighted by atomic mass is 16.6. The molecule has 1 rings (SSSR count). The van der Waals surface area contributed by atoms with Crippen LogP contribution in [0.1, 0.15) is 39.0 Å². The summed E-state index contributed by atoms with van der Waals surface area (Å²) in [6.07, 6.45) is 3.63. The predicted molar refractivity (Wildman–Crippen MR) is 81.5 cm³/mol. The molecule has 6 nitrogen and oxygen atoms in total. The average Bonchev–Trinajstić information content (AvgIpc) is 2.45. The van der Waals surface area contributed by atoms with Gasteiger partial charge in [0.1, 0.15) is 5.69 Å². The quantitative estimate of drug-likeness (QED) is 0.507. The van der Waals surface area contributed by atoms with Crippen molar-refractivity contribution in [2.75, 3.05) is 11.9 Å². The van der Waals surface area contributed by atoms with Gasteiger partial charge in [-0.3, -0.25) is 14.9 Å². The molecular weight excluding hydrogens is 272 g/mol. The summed E-state index contributed by atoms with van der Waals surface area (Å²) in [5.41, 5.74) is 0.575. The van der Waals surface area contributed by atoms with E-state index in [0.29, 0.717) is 24.6 Å². The number of nitrogens with one attached hydrogen (secondary N) is 1. The molecule has 0 aliphatic rings. The molecule has 1 aromatic rings. The Bertz CT molecular complexity index is 476. The molecule has 0 amide bonds. The molecule has 0 radical (unpaired) electrons. The van der Waals surface area contributed by atoms with Crippen LogP contribution in [0.15, 0.2) is 24.3 Å². The molecule has 1 aromatic carbocycles. The number of aliphatic carboxylic acids is 1. The molecule has 0 aliphatic heterocycles. The summed E-state index contributed by atoms with van der Waals surface area (Å²) in [6, 6.07) is 6.54. The molecule has 0 spiro atoms. The van der Waals surface area contributed by atoms with Crippen molar-refractivity contribution in [1.82, 2.24) is 0 Å². The monoisotopic (exact) mass is 294 g/mol. The predicted octanol–water partition coefficient (Wildman–Crippen LogP) is 3.68. The largest absolute Gasteiger partial charge is 0.481 e. The number of para-hydroxylation sites is 2. The van der Waals surface area contributed by atoms with Crippen LogP contribution in [-0.4, -0.2) is 22.5 Å². The Morgan fingerprint density at radius 2 is 2.05 bits per heavy atom. The van der Waals surface area contributed by atoms with Crippen LogP contribution in [0.5, 0.6) is 0 Å². The van der Waals surface area contributed by atoms with Gasteiger partial charge in [0.05, 0.1) is 4.92 Å². The topological polar surface area (TPSA) is 92.5 Å². The molecule has 0 aliphatic carbocycles. The van der Waals surface area contributed by atoms with Crippen molar-refractivity contribution in [2.24, 2.45) is 5.92 Å². The molecule has 116 valence electrons. The van der Waals surface area contributed by atoms with Crippen LogP contribution in [0.25, 0.3) is 0 Å². The second-order valence-electron chi connectivity index (χ2n) is 5.08. The van der Waals surface area contributed by atoms with Gasteiger partial charge in [0.2, 0.25) is 0 Å². The van der Waals surface area contributed by atoms with Crippen molar-refractivity contribution in [3.05, 3.63) is 34.4 Å². The first-order valence-electron chi connectivity index (χ1n) is 7.23. The maximum Gasteiger partial charge on any atom is 0.303 e. The van der Waals surface area contributed by atoms with E-state index in [4.69, 9.17) is 5.11 Å². The van der Waals surface area contributed by atoms with E-state index in [1.807, 2.05) is 0 Å². The molecule has 0 bridgehead atoms. The Morgan fingerprint density at radius 1 is 1.33 bits per heavy atom. The van der Waals surface area contributed by atoms with E-state index in [9.17, 15) is 14.9 Å². The van der Waals surface area contributed by atoms with Gasteiger partial charge in [-0.25, -0.2) is 0 Å². The minimum absolute atomic E-state index is 0.0649. The van der Waals surface area contributed by atoms with E-state index in [-0.39, 0.29) is 12.1 Å². The highest BCUT2D eigenvalue weighted by Crippen LogP contribution is 2.24. The lowest BCUT2D eigenvalue weighted by molar-refractivity contribution is -0.384. The molecule has 0 aromatic heterocycles. The molecule has 0 saturated carbocycles. The smallest absolute Gasteiger partial charge is 0.303 e. The Kier molecular flexibility index (Phi) is 7.21. The van der Waals surface area contributed by atoms with Crippen LogP contribution in [-0.2, 0) is 4.79 Å². The highest BCUT2D eigenvalue weighted by molar-refractivity contribution is 5.66. The molecule has 0 saturated heterocycles. The lowest BCUT2D eigenvalue weighted by Crippen LogP contribution is -2.11. The van der Waals surface area contributed by atoms with Crippen molar-refractivity contribution >= 4 is 17.3 Å². The number of nitrogens with zero attached hydrogens (tertiary/aromatic N) is 1. The minimum atomic E-state index is -0.775. The van der Waals surface area contributed by atoms with Crippen molar-refractivity contribution in [1.29, 1.82) is 0 Å². The molecule has 2 N–H and O–H groups in total. The van der Waals surface area contributed by atoms with Crippen molar-refractivity contribution in [2.45, 2.75) is 39.0 Å². The third-order valence-corrected chi connectivity index (χ3v) is 3.43. The van der Waals surface area contributed by atoms with E-state index in [1.54, 1.807) is 18.2 Å². The molecule has 1 unspecified atom stereocenters. The fourth-order valence-electron chi connectivity index (χ4n) is 2.36. The summed E-state index contributed by atoms with van der Waals surface area (Å²) in [5, 5.41) is 22.7. The van der Waals surface area contributed by atoms with E-state index in [0.717, 1.165) is 19.3 Å². The van der Waals surface area contributed by atoms with Crippen LogP contribution in [0, 0.1) is 16.0 Å². The zero-order chi connectivity index (χ0) is 15.7. The maximum absolute atomic E-state index is 10.9. The first kappa shape index (κ1) is 16.9. The number of anilines is 1. The Morgan fingerprint density at radius 3 is 2.67 bits per heavy atom. The number of nitro groups is 1. The zero-order valence-electron chi connectivity index (χ0n) is 12.2. The number of carboxylic acids is 1. The zero-order valence-corrected chi connectivity index (χ0v) is 12.2. The molecule has 0 heterocycles. The number of carboxylic acid groups (broad SMARTS) is 1. The summed E-state index contributed by atoms with van der Waals surface area (Å²) in [4.78, 5) is 21.1. The van der Waals surface area contributed by atoms with Crippen LogP contribution in [0.2, 0.25) is 0 Å². The summed E-state index contributed by atoms with van der Waals surface area (Å²) in [6.45, 7) is 2.68. The van der Waals surface area contributed by atoms with Gasteiger partial charge in [-0.1, -0.05) is 31.9 Å². The van der Waals surface area contributed by atoms with Crippen LogP contribution < -0.4 is 5.32 Å². The number of hydrogen-bond acceptors (Lipinski definition) is 4. The molecule has 0 fully saturated rings. The first-order valence-corrected chi connectivity index (χ1v) is 7.23. The van der Waals surface area contributed by atoms with E-state index < -0.39 is 10.9 Å². The summed E-state index contributed by atoms with van der Waals surface area (Å²) in [7, 11) is 0. The number of benzene rings is 1. The van der Waals surface area contributed by atoms with Gasteiger partial charge in [0.25, 0.3) is 5.69 Å².